The molecule has 0 aliphatic heterocycles. The van der Waals surface area contributed by atoms with Crippen molar-refractivity contribution in [2.24, 2.45) is 0 Å². The molecule has 0 atom stereocenters. The van der Waals surface area contributed by atoms with E-state index in [-0.39, 0.29) is 5.69 Å². The molecule has 0 saturated heterocycles. The Labute approximate surface area is 113 Å². The average Bonchev–Trinajstić information content (AvgIpc) is 2.78. The Balaban J connectivity index is 2.29. The van der Waals surface area contributed by atoms with E-state index in [4.69, 9.17) is 21.1 Å². The van der Waals surface area contributed by atoms with Crippen molar-refractivity contribution < 1.29 is 22.7 Å². The van der Waals surface area contributed by atoms with Gasteiger partial charge in [0.05, 0.1) is 5.69 Å². The highest BCUT2D eigenvalue weighted by Gasteiger charge is 2.21. The van der Waals surface area contributed by atoms with Crippen molar-refractivity contribution in [2.45, 2.75) is 5.09 Å². The number of anilines is 1. The number of nitrogens with one attached hydrogen (secondary N) is 1. The smallest absolute Gasteiger partial charge is 0.371 e. The molecule has 1 aromatic carbocycles. The summed E-state index contributed by atoms with van der Waals surface area (Å²) in [5, 5.41) is 8.55. The SMILES string of the molecule is O=C(O)c1ccc(S(=O)(=O)Nc2cccc(Cl)c2)o1. The van der Waals surface area contributed by atoms with Crippen molar-refractivity contribution in [1.82, 2.24) is 0 Å². The first-order valence-corrected chi connectivity index (χ1v) is 6.86. The Hall–Kier alpha value is -1.99. The Morgan fingerprint density at radius 2 is 2.00 bits per heavy atom. The van der Waals surface area contributed by atoms with E-state index in [0.29, 0.717) is 5.02 Å². The Morgan fingerprint density at radius 3 is 2.58 bits per heavy atom. The summed E-state index contributed by atoms with van der Waals surface area (Å²) in [6.07, 6.45) is 0. The lowest BCUT2D eigenvalue weighted by Crippen LogP contribution is -2.12. The normalized spacial score (nSPS) is 11.2. The van der Waals surface area contributed by atoms with Gasteiger partial charge in [0.15, 0.2) is 0 Å². The third-order valence-electron chi connectivity index (χ3n) is 2.13. The number of benzene rings is 1. The minimum absolute atomic E-state index is 0.251. The van der Waals surface area contributed by atoms with Crippen LogP contribution >= 0.6 is 11.6 Å². The summed E-state index contributed by atoms with van der Waals surface area (Å²) in [6.45, 7) is 0. The van der Waals surface area contributed by atoms with Gasteiger partial charge in [-0.2, -0.15) is 8.42 Å². The van der Waals surface area contributed by atoms with E-state index in [9.17, 15) is 13.2 Å². The Morgan fingerprint density at radius 1 is 1.26 bits per heavy atom. The summed E-state index contributed by atoms with van der Waals surface area (Å²) < 4.78 is 30.8. The van der Waals surface area contributed by atoms with Crippen molar-refractivity contribution in [3.63, 3.8) is 0 Å². The summed E-state index contributed by atoms with van der Waals surface area (Å²) in [5.41, 5.74) is 0.251. The molecule has 1 heterocycles. The molecule has 0 unspecified atom stereocenters. The maximum absolute atomic E-state index is 11.9. The highest BCUT2D eigenvalue weighted by Crippen LogP contribution is 2.20. The van der Waals surface area contributed by atoms with Crippen LogP contribution in [-0.2, 0) is 10.0 Å². The van der Waals surface area contributed by atoms with Gasteiger partial charge in [-0.25, -0.2) is 4.79 Å². The zero-order valence-corrected chi connectivity index (χ0v) is 10.9. The van der Waals surface area contributed by atoms with Crippen LogP contribution in [0.5, 0.6) is 0 Å². The maximum atomic E-state index is 11.9. The lowest BCUT2D eigenvalue weighted by atomic mass is 10.3. The molecule has 2 N–H and O–H groups in total. The Bertz CT molecular complexity index is 722. The fourth-order valence-electron chi connectivity index (χ4n) is 1.34. The average molecular weight is 302 g/mol. The fraction of sp³-hybridized carbons (Fsp3) is 0. The van der Waals surface area contributed by atoms with Gasteiger partial charge in [0.1, 0.15) is 0 Å². The van der Waals surface area contributed by atoms with Crippen LogP contribution in [0.1, 0.15) is 10.6 Å². The molecule has 0 radical (unpaired) electrons. The maximum Gasteiger partial charge on any atom is 0.371 e. The summed E-state index contributed by atoms with van der Waals surface area (Å²) in [7, 11) is -3.98. The van der Waals surface area contributed by atoms with E-state index >= 15 is 0 Å². The molecule has 2 rings (SSSR count). The van der Waals surface area contributed by atoms with Crippen molar-refractivity contribution >= 4 is 33.3 Å². The minimum Gasteiger partial charge on any atom is -0.475 e. The fourth-order valence-corrected chi connectivity index (χ4v) is 2.51. The van der Waals surface area contributed by atoms with Gasteiger partial charge < -0.3 is 9.52 Å². The van der Waals surface area contributed by atoms with Crippen molar-refractivity contribution in [2.75, 3.05) is 4.72 Å². The molecule has 19 heavy (non-hydrogen) atoms. The van der Waals surface area contributed by atoms with Crippen LogP contribution in [0, 0.1) is 0 Å². The molecular formula is C11H8ClNO5S. The summed E-state index contributed by atoms with van der Waals surface area (Å²) in [5.74, 6) is -1.80. The standard InChI is InChI=1S/C11H8ClNO5S/c12-7-2-1-3-8(6-7)13-19(16,17)10-5-4-9(18-10)11(14)15/h1-6,13H,(H,14,15). The predicted octanol–water partition coefficient (Wildman–Crippen LogP) is 2.43. The second kappa shape index (κ2) is 4.94. The van der Waals surface area contributed by atoms with Crippen LogP contribution in [-0.4, -0.2) is 19.5 Å². The van der Waals surface area contributed by atoms with Gasteiger partial charge in [-0.15, -0.1) is 0 Å². The van der Waals surface area contributed by atoms with Crippen LogP contribution in [0.2, 0.25) is 5.02 Å². The molecule has 0 bridgehead atoms. The van der Waals surface area contributed by atoms with E-state index < -0.39 is 26.8 Å². The number of sulfonamides is 1. The number of hydrogen-bond donors (Lipinski definition) is 2. The predicted molar refractivity (Wildman–Crippen MR) is 67.9 cm³/mol. The van der Waals surface area contributed by atoms with Gasteiger partial charge >= 0.3 is 5.97 Å². The molecule has 0 saturated carbocycles. The highest BCUT2D eigenvalue weighted by atomic mass is 35.5. The van der Waals surface area contributed by atoms with E-state index in [0.717, 1.165) is 12.1 Å². The molecule has 0 fully saturated rings. The van der Waals surface area contributed by atoms with Gasteiger partial charge in [-0.1, -0.05) is 17.7 Å². The summed E-state index contributed by atoms with van der Waals surface area (Å²) in [6, 6.07) is 8.22. The van der Waals surface area contributed by atoms with Gasteiger partial charge in [0.25, 0.3) is 10.0 Å². The van der Waals surface area contributed by atoms with Crippen LogP contribution in [0.4, 0.5) is 5.69 Å². The van der Waals surface area contributed by atoms with Crippen LogP contribution in [0.15, 0.2) is 45.9 Å². The molecule has 6 nitrogen and oxygen atoms in total. The first-order valence-electron chi connectivity index (χ1n) is 5.00. The number of rotatable bonds is 4. The van der Waals surface area contributed by atoms with Crippen molar-refractivity contribution in [1.29, 1.82) is 0 Å². The number of aromatic carboxylic acids is 1. The van der Waals surface area contributed by atoms with Gasteiger partial charge in [-0.3, -0.25) is 4.72 Å². The van der Waals surface area contributed by atoms with Gasteiger partial charge in [0, 0.05) is 5.02 Å². The molecule has 0 spiro atoms. The first-order chi connectivity index (χ1) is 8.88. The largest absolute Gasteiger partial charge is 0.475 e. The summed E-state index contributed by atoms with van der Waals surface area (Å²) >= 11 is 5.73. The third kappa shape index (κ3) is 3.07. The second-order valence-electron chi connectivity index (χ2n) is 3.54. The highest BCUT2D eigenvalue weighted by molar-refractivity contribution is 7.92. The number of halogens is 1. The Kier molecular flexibility index (Phi) is 3.50. The van der Waals surface area contributed by atoms with Gasteiger partial charge in [-0.05, 0) is 30.3 Å². The monoisotopic (exact) mass is 301 g/mol. The van der Waals surface area contributed by atoms with Gasteiger partial charge in [0.2, 0.25) is 10.9 Å². The topological polar surface area (TPSA) is 96.6 Å². The zero-order valence-electron chi connectivity index (χ0n) is 9.33. The quantitative estimate of drug-likeness (QED) is 0.904. The van der Waals surface area contributed by atoms with Crippen molar-refractivity contribution in [3.8, 4) is 0 Å². The number of furan rings is 1. The van der Waals surface area contributed by atoms with Crippen LogP contribution in [0.25, 0.3) is 0 Å². The lowest BCUT2D eigenvalue weighted by molar-refractivity contribution is 0.0656. The molecule has 2 aromatic rings. The molecule has 0 amide bonds. The third-order valence-corrected chi connectivity index (χ3v) is 3.62. The van der Waals surface area contributed by atoms with Crippen LogP contribution < -0.4 is 4.72 Å². The van der Waals surface area contributed by atoms with Crippen molar-refractivity contribution in [3.05, 3.63) is 47.2 Å². The minimum atomic E-state index is -3.98. The molecule has 100 valence electrons. The second-order valence-corrected chi connectivity index (χ2v) is 5.59. The number of carboxylic acid groups (broad SMARTS) is 1. The zero-order chi connectivity index (χ0) is 14.0. The lowest BCUT2D eigenvalue weighted by Gasteiger charge is -2.05. The summed E-state index contributed by atoms with van der Waals surface area (Å²) in [4.78, 5) is 10.6. The molecule has 0 aliphatic rings. The molecular weight excluding hydrogens is 294 g/mol. The molecule has 0 aliphatic carbocycles. The van der Waals surface area contributed by atoms with E-state index in [1.54, 1.807) is 12.1 Å². The van der Waals surface area contributed by atoms with E-state index in [1.165, 1.54) is 12.1 Å². The van der Waals surface area contributed by atoms with Crippen LogP contribution in [0.3, 0.4) is 0 Å². The number of carbonyl (C=O) groups is 1. The molecule has 1 aromatic heterocycles. The number of hydrogen-bond acceptors (Lipinski definition) is 4. The first kappa shape index (κ1) is 13.4. The van der Waals surface area contributed by atoms with E-state index in [2.05, 4.69) is 4.72 Å². The number of carboxylic acids is 1. The molecule has 8 heteroatoms. The van der Waals surface area contributed by atoms with E-state index in [1.807, 2.05) is 0 Å².